The highest BCUT2D eigenvalue weighted by atomic mass is 16.4. The first-order valence-corrected chi connectivity index (χ1v) is 9.89. The van der Waals surface area contributed by atoms with E-state index in [-0.39, 0.29) is 6.42 Å². The van der Waals surface area contributed by atoms with Gasteiger partial charge in [0.1, 0.15) is 6.04 Å². The summed E-state index contributed by atoms with van der Waals surface area (Å²) >= 11 is 0. The van der Waals surface area contributed by atoms with Crippen LogP contribution in [-0.4, -0.2) is 29.1 Å². The van der Waals surface area contributed by atoms with Crippen molar-refractivity contribution in [2.45, 2.75) is 30.8 Å². The maximum atomic E-state index is 12.0. The van der Waals surface area contributed by atoms with Gasteiger partial charge in [-0.2, -0.15) is 0 Å². The SMILES string of the molecule is NC1CC1c1ccccc1.O=C(NC(Cc1[c]cccc1)C(=O)O)c1ccccc1. The van der Waals surface area contributed by atoms with Crippen molar-refractivity contribution in [3.05, 3.63) is 108 Å². The molecule has 1 amide bonds. The fraction of sp³-hybridized carbons (Fsp3) is 0.200. The molecular formula is C25H25N2O3. The van der Waals surface area contributed by atoms with Crippen molar-refractivity contribution in [2.75, 3.05) is 0 Å². The quantitative estimate of drug-likeness (QED) is 0.590. The number of carbonyl (C=O) groups excluding carboxylic acids is 1. The van der Waals surface area contributed by atoms with Crippen LogP contribution in [0, 0.1) is 6.07 Å². The van der Waals surface area contributed by atoms with E-state index in [0.717, 1.165) is 5.56 Å². The first kappa shape index (κ1) is 21.3. The zero-order valence-electron chi connectivity index (χ0n) is 16.6. The second-order valence-electron chi connectivity index (χ2n) is 7.24. The predicted molar refractivity (Wildman–Crippen MR) is 116 cm³/mol. The molecule has 30 heavy (non-hydrogen) atoms. The molecule has 3 aromatic rings. The number of carboxylic acid groups (broad SMARTS) is 1. The Morgan fingerprint density at radius 3 is 2.13 bits per heavy atom. The minimum absolute atomic E-state index is 0.203. The topological polar surface area (TPSA) is 92.4 Å². The van der Waals surface area contributed by atoms with Gasteiger partial charge >= 0.3 is 5.97 Å². The lowest BCUT2D eigenvalue weighted by atomic mass is 10.1. The molecular weight excluding hydrogens is 376 g/mol. The molecule has 3 atom stereocenters. The summed E-state index contributed by atoms with van der Waals surface area (Å²) < 4.78 is 0. The fourth-order valence-corrected chi connectivity index (χ4v) is 3.11. The molecule has 0 saturated heterocycles. The van der Waals surface area contributed by atoms with Crippen LogP contribution in [0.3, 0.4) is 0 Å². The molecule has 1 radical (unpaired) electrons. The van der Waals surface area contributed by atoms with Crippen molar-refractivity contribution in [1.82, 2.24) is 5.32 Å². The van der Waals surface area contributed by atoms with Crippen LogP contribution >= 0.6 is 0 Å². The second kappa shape index (κ2) is 10.4. The summed E-state index contributed by atoms with van der Waals surface area (Å²) in [6.45, 7) is 0. The first-order chi connectivity index (χ1) is 14.5. The van der Waals surface area contributed by atoms with E-state index in [9.17, 15) is 14.7 Å². The zero-order chi connectivity index (χ0) is 21.3. The first-order valence-electron chi connectivity index (χ1n) is 9.89. The molecule has 0 spiro atoms. The summed E-state index contributed by atoms with van der Waals surface area (Å²) in [5.74, 6) is -0.804. The monoisotopic (exact) mass is 401 g/mol. The summed E-state index contributed by atoms with van der Waals surface area (Å²) in [5.41, 5.74) is 8.28. The summed E-state index contributed by atoms with van der Waals surface area (Å²) in [7, 11) is 0. The van der Waals surface area contributed by atoms with Gasteiger partial charge in [0.15, 0.2) is 0 Å². The van der Waals surface area contributed by atoms with E-state index in [4.69, 9.17) is 5.73 Å². The third-order valence-electron chi connectivity index (χ3n) is 4.90. The maximum absolute atomic E-state index is 12.0. The van der Waals surface area contributed by atoms with Gasteiger partial charge in [0.25, 0.3) is 5.91 Å². The normalized spacial score (nSPS) is 17.8. The van der Waals surface area contributed by atoms with Gasteiger partial charge in [0, 0.05) is 23.9 Å². The third-order valence-corrected chi connectivity index (χ3v) is 4.90. The number of aliphatic carboxylic acids is 1. The summed E-state index contributed by atoms with van der Waals surface area (Å²) in [6.07, 6.45) is 1.37. The number of nitrogens with two attached hydrogens (primary N) is 1. The van der Waals surface area contributed by atoms with Gasteiger partial charge in [0.05, 0.1) is 0 Å². The van der Waals surface area contributed by atoms with Crippen molar-refractivity contribution in [2.24, 2.45) is 5.73 Å². The molecule has 1 aliphatic rings. The molecule has 4 rings (SSSR count). The van der Waals surface area contributed by atoms with Crippen LogP contribution in [0.1, 0.15) is 33.8 Å². The number of carbonyl (C=O) groups is 2. The van der Waals surface area contributed by atoms with Crippen molar-refractivity contribution in [3.8, 4) is 0 Å². The van der Waals surface area contributed by atoms with E-state index < -0.39 is 17.9 Å². The van der Waals surface area contributed by atoms with E-state index in [1.807, 2.05) is 18.2 Å². The highest BCUT2D eigenvalue weighted by Crippen LogP contribution is 2.38. The van der Waals surface area contributed by atoms with E-state index in [1.165, 1.54) is 12.0 Å². The van der Waals surface area contributed by atoms with Crippen LogP contribution in [0.2, 0.25) is 0 Å². The summed E-state index contributed by atoms with van der Waals surface area (Å²) in [4.78, 5) is 23.2. The van der Waals surface area contributed by atoms with Gasteiger partial charge < -0.3 is 16.2 Å². The summed E-state index contributed by atoms with van der Waals surface area (Å²) in [5, 5.41) is 11.7. The minimum Gasteiger partial charge on any atom is -0.480 e. The fourth-order valence-electron chi connectivity index (χ4n) is 3.11. The Morgan fingerprint density at radius 2 is 1.60 bits per heavy atom. The molecule has 1 saturated carbocycles. The Bertz CT molecular complexity index is 946. The standard InChI is InChI=1S/C16H14NO3.C9H11N/c18-15(13-9-5-2-6-10-13)17-14(16(19)20)11-12-7-3-1-4-8-12;10-9-6-8(9)7-4-2-1-3-5-7/h1-7,9-10,14H,11H2,(H,17,18)(H,19,20);1-5,8-9H,6,10H2. The van der Waals surface area contributed by atoms with Crippen molar-refractivity contribution < 1.29 is 14.7 Å². The van der Waals surface area contributed by atoms with Crippen molar-refractivity contribution in [1.29, 1.82) is 0 Å². The number of amides is 1. The molecule has 5 nitrogen and oxygen atoms in total. The Labute approximate surface area is 176 Å². The molecule has 3 aromatic carbocycles. The molecule has 0 bridgehead atoms. The number of rotatable bonds is 6. The lowest BCUT2D eigenvalue weighted by Crippen LogP contribution is -2.42. The van der Waals surface area contributed by atoms with Crippen LogP contribution in [0.25, 0.3) is 0 Å². The maximum Gasteiger partial charge on any atom is 0.326 e. The molecule has 0 heterocycles. The lowest BCUT2D eigenvalue weighted by molar-refractivity contribution is -0.139. The van der Waals surface area contributed by atoms with Gasteiger partial charge in [-0.25, -0.2) is 4.79 Å². The molecule has 0 aromatic heterocycles. The molecule has 1 fully saturated rings. The van der Waals surface area contributed by atoms with E-state index >= 15 is 0 Å². The van der Waals surface area contributed by atoms with Gasteiger partial charge in [0.2, 0.25) is 0 Å². The zero-order valence-corrected chi connectivity index (χ0v) is 16.6. The van der Waals surface area contributed by atoms with Crippen LogP contribution < -0.4 is 11.1 Å². The van der Waals surface area contributed by atoms with Crippen LogP contribution in [0.15, 0.2) is 84.9 Å². The number of hydrogen-bond donors (Lipinski definition) is 3. The Hall–Kier alpha value is -3.44. The van der Waals surface area contributed by atoms with Gasteiger partial charge in [-0.15, -0.1) is 0 Å². The highest BCUT2D eigenvalue weighted by molar-refractivity contribution is 5.96. The molecule has 3 unspecified atom stereocenters. The minimum atomic E-state index is -1.06. The Kier molecular flexibility index (Phi) is 7.35. The highest BCUT2D eigenvalue weighted by Gasteiger charge is 2.34. The second-order valence-corrected chi connectivity index (χ2v) is 7.24. The third kappa shape index (κ3) is 6.29. The number of carboxylic acids is 1. The van der Waals surface area contributed by atoms with Gasteiger partial charge in [-0.1, -0.05) is 72.8 Å². The number of benzene rings is 3. The van der Waals surface area contributed by atoms with Crippen LogP contribution in [-0.2, 0) is 11.2 Å². The Morgan fingerprint density at radius 1 is 1.00 bits per heavy atom. The van der Waals surface area contributed by atoms with Crippen LogP contribution in [0.5, 0.6) is 0 Å². The van der Waals surface area contributed by atoms with Crippen molar-refractivity contribution >= 4 is 11.9 Å². The lowest BCUT2D eigenvalue weighted by Gasteiger charge is -2.14. The van der Waals surface area contributed by atoms with E-state index in [2.05, 4.69) is 35.6 Å². The smallest absolute Gasteiger partial charge is 0.326 e. The average molecular weight is 401 g/mol. The predicted octanol–water partition coefficient (Wildman–Crippen LogP) is 3.41. The van der Waals surface area contributed by atoms with Crippen LogP contribution in [0.4, 0.5) is 0 Å². The Balaban J connectivity index is 0.000000212. The molecule has 153 valence electrons. The van der Waals surface area contributed by atoms with Gasteiger partial charge in [-0.3, -0.25) is 4.79 Å². The number of nitrogens with one attached hydrogen (secondary N) is 1. The molecule has 5 heteroatoms. The largest absolute Gasteiger partial charge is 0.480 e. The van der Waals surface area contributed by atoms with E-state index in [0.29, 0.717) is 17.5 Å². The molecule has 1 aliphatic carbocycles. The van der Waals surface area contributed by atoms with Crippen molar-refractivity contribution in [3.63, 3.8) is 0 Å². The average Bonchev–Trinajstić information content (AvgIpc) is 3.52. The van der Waals surface area contributed by atoms with E-state index in [1.54, 1.807) is 42.5 Å². The molecule has 4 N–H and O–H groups in total. The number of hydrogen-bond acceptors (Lipinski definition) is 3. The summed E-state index contributed by atoms with van der Waals surface area (Å²) in [6, 6.07) is 28.6. The molecule has 0 aliphatic heterocycles. The van der Waals surface area contributed by atoms with Gasteiger partial charge in [-0.05, 0) is 35.7 Å².